The molecule has 3 aromatic carbocycles. The van der Waals surface area contributed by atoms with Crippen LogP contribution in [0.2, 0.25) is 5.02 Å². The molecular weight excluding hydrogens is 396 g/mol. The maximum absolute atomic E-state index is 12.4. The van der Waals surface area contributed by atoms with E-state index in [1.165, 1.54) is 10.6 Å². The number of halogens is 1. The molecule has 7 heteroatoms. The standard InChI is InChI=1S/C21H19ClN2O3S/c1-28(26,27)24(20-5-3-2-4-6-20)15-16-7-9-17(10-8-16)21(25)23-19-13-11-18(22)12-14-19/h2-14H,15H2,1H3,(H,23,25). The van der Waals surface area contributed by atoms with E-state index in [0.717, 1.165) is 5.56 Å². The van der Waals surface area contributed by atoms with E-state index in [1.807, 2.05) is 6.07 Å². The van der Waals surface area contributed by atoms with Gasteiger partial charge in [0, 0.05) is 16.3 Å². The summed E-state index contributed by atoms with van der Waals surface area (Å²) in [6, 6.07) is 22.6. The predicted octanol–water partition coefficient (Wildman–Crippen LogP) is 4.56. The summed E-state index contributed by atoms with van der Waals surface area (Å²) in [4.78, 5) is 12.4. The van der Waals surface area contributed by atoms with Gasteiger partial charge < -0.3 is 5.32 Å². The van der Waals surface area contributed by atoms with Gasteiger partial charge in [-0.3, -0.25) is 9.10 Å². The summed E-state index contributed by atoms with van der Waals surface area (Å²) in [5.41, 5.74) is 2.49. The molecule has 0 heterocycles. The zero-order valence-electron chi connectivity index (χ0n) is 15.2. The van der Waals surface area contributed by atoms with Crippen molar-refractivity contribution in [2.24, 2.45) is 0 Å². The smallest absolute Gasteiger partial charge is 0.255 e. The summed E-state index contributed by atoms with van der Waals surface area (Å²) < 4.78 is 25.7. The van der Waals surface area contributed by atoms with E-state index < -0.39 is 10.0 Å². The van der Waals surface area contributed by atoms with Crippen LogP contribution in [0.1, 0.15) is 15.9 Å². The molecule has 0 saturated heterocycles. The van der Waals surface area contributed by atoms with Crippen LogP contribution in [0.4, 0.5) is 11.4 Å². The highest BCUT2D eigenvalue weighted by Crippen LogP contribution is 2.20. The summed E-state index contributed by atoms with van der Waals surface area (Å²) >= 11 is 5.84. The van der Waals surface area contributed by atoms with Crippen LogP contribution < -0.4 is 9.62 Å². The second-order valence-electron chi connectivity index (χ2n) is 6.26. The highest BCUT2D eigenvalue weighted by Gasteiger charge is 2.17. The van der Waals surface area contributed by atoms with Crippen molar-refractivity contribution in [2.75, 3.05) is 15.9 Å². The molecule has 28 heavy (non-hydrogen) atoms. The molecule has 0 aliphatic rings. The minimum atomic E-state index is -3.44. The molecule has 0 saturated carbocycles. The Bertz CT molecular complexity index is 1050. The molecule has 3 aromatic rings. The molecule has 3 rings (SSSR count). The minimum absolute atomic E-state index is 0.182. The number of carbonyl (C=O) groups excluding carboxylic acids is 1. The summed E-state index contributed by atoms with van der Waals surface area (Å²) in [5.74, 6) is -0.253. The number of nitrogens with one attached hydrogen (secondary N) is 1. The molecule has 0 atom stereocenters. The van der Waals surface area contributed by atoms with Crippen molar-refractivity contribution < 1.29 is 13.2 Å². The van der Waals surface area contributed by atoms with E-state index in [4.69, 9.17) is 11.6 Å². The monoisotopic (exact) mass is 414 g/mol. The average Bonchev–Trinajstić information content (AvgIpc) is 2.68. The van der Waals surface area contributed by atoms with Crippen molar-refractivity contribution in [1.29, 1.82) is 0 Å². The third kappa shape index (κ3) is 5.12. The molecule has 0 unspecified atom stereocenters. The Hall–Kier alpha value is -2.83. The van der Waals surface area contributed by atoms with E-state index in [-0.39, 0.29) is 12.5 Å². The first-order valence-electron chi connectivity index (χ1n) is 8.51. The Kier molecular flexibility index (Phi) is 6.02. The van der Waals surface area contributed by atoms with Crippen LogP contribution in [-0.2, 0) is 16.6 Å². The quantitative estimate of drug-likeness (QED) is 0.643. The van der Waals surface area contributed by atoms with Gasteiger partial charge in [0.15, 0.2) is 0 Å². The summed E-state index contributed by atoms with van der Waals surface area (Å²) in [6.45, 7) is 0.182. The Morgan fingerprint density at radius 1 is 0.929 bits per heavy atom. The molecule has 1 amide bonds. The SMILES string of the molecule is CS(=O)(=O)N(Cc1ccc(C(=O)Nc2ccc(Cl)cc2)cc1)c1ccccc1. The molecule has 0 radical (unpaired) electrons. The lowest BCUT2D eigenvalue weighted by Gasteiger charge is -2.22. The molecule has 0 spiro atoms. The van der Waals surface area contributed by atoms with Gasteiger partial charge in [-0.15, -0.1) is 0 Å². The molecular formula is C21H19ClN2O3S. The van der Waals surface area contributed by atoms with E-state index in [2.05, 4.69) is 5.32 Å². The molecule has 0 bridgehead atoms. The second kappa shape index (κ2) is 8.46. The Morgan fingerprint density at radius 2 is 1.54 bits per heavy atom. The lowest BCUT2D eigenvalue weighted by molar-refractivity contribution is 0.102. The predicted molar refractivity (Wildman–Crippen MR) is 113 cm³/mol. The van der Waals surface area contributed by atoms with Crippen molar-refractivity contribution in [3.05, 3.63) is 95.0 Å². The molecule has 0 fully saturated rings. The molecule has 0 aliphatic heterocycles. The summed E-state index contributed by atoms with van der Waals surface area (Å²) in [6.07, 6.45) is 1.17. The van der Waals surface area contributed by atoms with E-state index in [9.17, 15) is 13.2 Å². The number of hydrogen-bond donors (Lipinski definition) is 1. The van der Waals surface area contributed by atoms with Crippen LogP contribution in [-0.4, -0.2) is 20.6 Å². The molecule has 0 aromatic heterocycles. The first-order valence-corrected chi connectivity index (χ1v) is 10.7. The zero-order chi connectivity index (χ0) is 20.1. The zero-order valence-corrected chi connectivity index (χ0v) is 16.7. The van der Waals surface area contributed by atoms with Crippen LogP contribution in [0.25, 0.3) is 0 Å². The number of amides is 1. The Morgan fingerprint density at radius 3 is 2.11 bits per heavy atom. The molecule has 144 valence electrons. The van der Waals surface area contributed by atoms with Gasteiger partial charge in [0.2, 0.25) is 10.0 Å². The van der Waals surface area contributed by atoms with Gasteiger partial charge in [0.25, 0.3) is 5.91 Å². The lowest BCUT2D eigenvalue weighted by Crippen LogP contribution is -2.29. The Labute approximate surface area is 169 Å². The fraction of sp³-hybridized carbons (Fsp3) is 0.0952. The third-order valence-electron chi connectivity index (χ3n) is 4.09. The van der Waals surface area contributed by atoms with E-state index in [1.54, 1.807) is 72.8 Å². The number of carbonyl (C=O) groups is 1. The summed E-state index contributed by atoms with van der Waals surface area (Å²) in [5, 5.41) is 3.39. The normalized spacial score (nSPS) is 11.1. The number of para-hydroxylation sites is 1. The minimum Gasteiger partial charge on any atom is -0.322 e. The first kappa shape index (κ1) is 19.9. The average molecular weight is 415 g/mol. The van der Waals surface area contributed by atoms with E-state index >= 15 is 0 Å². The van der Waals surface area contributed by atoms with Crippen molar-refractivity contribution in [3.63, 3.8) is 0 Å². The second-order valence-corrected chi connectivity index (χ2v) is 8.61. The number of benzene rings is 3. The van der Waals surface area contributed by atoms with Crippen molar-refractivity contribution in [3.8, 4) is 0 Å². The number of hydrogen-bond acceptors (Lipinski definition) is 3. The van der Waals surface area contributed by atoms with Crippen LogP contribution >= 0.6 is 11.6 Å². The number of sulfonamides is 1. The molecule has 1 N–H and O–H groups in total. The van der Waals surface area contributed by atoms with Crippen molar-refractivity contribution in [1.82, 2.24) is 0 Å². The van der Waals surface area contributed by atoms with Gasteiger partial charge in [-0.05, 0) is 54.1 Å². The maximum atomic E-state index is 12.4. The topological polar surface area (TPSA) is 66.5 Å². The number of nitrogens with zero attached hydrogens (tertiary/aromatic N) is 1. The molecule has 5 nitrogen and oxygen atoms in total. The van der Waals surface area contributed by atoms with Gasteiger partial charge in [0.05, 0.1) is 18.5 Å². The number of rotatable bonds is 6. The third-order valence-corrected chi connectivity index (χ3v) is 5.48. The van der Waals surface area contributed by atoms with Crippen molar-refractivity contribution in [2.45, 2.75) is 6.54 Å². The fourth-order valence-corrected chi connectivity index (χ4v) is 3.67. The lowest BCUT2D eigenvalue weighted by atomic mass is 10.1. The van der Waals surface area contributed by atoms with Gasteiger partial charge in [-0.25, -0.2) is 8.42 Å². The largest absolute Gasteiger partial charge is 0.322 e. The molecule has 0 aliphatic carbocycles. The van der Waals surface area contributed by atoms with Crippen LogP contribution in [0, 0.1) is 0 Å². The van der Waals surface area contributed by atoms with Gasteiger partial charge in [0.1, 0.15) is 0 Å². The fourth-order valence-electron chi connectivity index (χ4n) is 2.66. The first-order chi connectivity index (χ1) is 13.3. The van der Waals surface area contributed by atoms with Crippen LogP contribution in [0.5, 0.6) is 0 Å². The summed E-state index contributed by atoms with van der Waals surface area (Å²) in [7, 11) is -3.44. The van der Waals surface area contributed by atoms with Crippen LogP contribution in [0.3, 0.4) is 0 Å². The highest BCUT2D eigenvalue weighted by molar-refractivity contribution is 7.92. The van der Waals surface area contributed by atoms with E-state index in [0.29, 0.717) is 22.0 Å². The van der Waals surface area contributed by atoms with Crippen molar-refractivity contribution >= 4 is 38.9 Å². The van der Waals surface area contributed by atoms with Gasteiger partial charge in [-0.1, -0.05) is 41.9 Å². The number of anilines is 2. The Balaban J connectivity index is 1.74. The maximum Gasteiger partial charge on any atom is 0.255 e. The van der Waals surface area contributed by atoms with Gasteiger partial charge >= 0.3 is 0 Å². The highest BCUT2D eigenvalue weighted by atomic mass is 35.5. The van der Waals surface area contributed by atoms with Crippen LogP contribution in [0.15, 0.2) is 78.9 Å². The van der Waals surface area contributed by atoms with Gasteiger partial charge in [-0.2, -0.15) is 0 Å².